The Morgan fingerprint density at radius 1 is 1.75 bits per heavy atom. The van der Waals surface area contributed by atoms with E-state index in [2.05, 4.69) is 10.2 Å². The molecule has 8 heavy (non-hydrogen) atoms. The summed E-state index contributed by atoms with van der Waals surface area (Å²) in [4.78, 5) is 8.35. The summed E-state index contributed by atoms with van der Waals surface area (Å²) < 4.78 is 0. The molecule has 1 aromatic rings. The molecule has 0 atom stereocenters. The lowest BCUT2D eigenvalue weighted by Crippen LogP contribution is -1.53. The highest BCUT2D eigenvalue weighted by molar-refractivity contribution is 5.26. The van der Waals surface area contributed by atoms with Gasteiger partial charge in [0.2, 0.25) is 6.08 Å². The van der Waals surface area contributed by atoms with Crippen molar-refractivity contribution in [3.8, 4) is 0 Å². The maximum absolute atomic E-state index is 8.35. The van der Waals surface area contributed by atoms with Gasteiger partial charge >= 0.3 is 0 Å². The highest BCUT2D eigenvalue weighted by Crippen LogP contribution is 1.64. The minimum absolute atomic E-state index is 0.750. The van der Waals surface area contributed by atoms with Gasteiger partial charge in [-0.25, -0.2) is 10.2 Å². The van der Waals surface area contributed by atoms with Crippen LogP contribution in [0.2, 0.25) is 0 Å². The standard InChI is InChI=1S/C3H4N2.CHNO/c1-2-4-5-3-1;2-1-3/h1-3H,(H,4,5);2H. The maximum atomic E-state index is 8.35. The second-order valence-electron chi connectivity index (χ2n) is 0.868. The topological polar surface area (TPSA) is 69.6 Å². The molecule has 42 valence electrons. The predicted molar refractivity (Wildman–Crippen MR) is 27.0 cm³/mol. The van der Waals surface area contributed by atoms with Crippen LogP contribution >= 0.6 is 0 Å². The fraction of sp³-hybridized carbons (Fsp3) is 0. The van der Waals surface area contributed by atoms with Crippen LogP contribution in [0.5, 0.6) is 0 Å². The number of aromatic amines is 1. The van der Waals surface area contributed by atoms with Crippen LogP contribution < -0.4 is 0 Å². The van der Waals surface area contributed by atoms with Gasteiger partial charge in [-0.3, -0.25) is 5.10 Å². The molecule has 0 spiro atoms. The maximum Gasteiger partial charge on any atom is 0.231 e. The lowest BCUT2D eigenvalue weighted by atomic mass is 10.8. The number of rotatable bonds is 0. The third-order valence-corrected chi connectivity index (χ3v) is 0.406. The summed E-state index contributed by atoms with van der Waals surface area (Å²) in [6, 6.07) is 1.83. The minimum Gasteiger partial charge on any atom is -0.286 e. The highest BCUT2D eigenvalue weighted by atomic mass is 16.1. The Morgan fingerprint density at radius 3 is 2.50 bits per heavy atom. The van der Waals surface area contributed by atoms with Crippen LogP contribution in [-0.4, -0.2) is 16.3 Å². The van der Waals surface area contributed by atoms with E-state index in [1.165, 1.54) is 0 Å². The first kappa shape index (κ1) is 6.59. The van der Waals surface area contributed by atoms with Crippen molar-refractivity contribution in [1.82, 2.24) is 10.2 Å². The predicted octanol–water partition coefficient (Wildman–Crippen LogP) is 0.311. The molecule has 0 aliphatic heterocycles. The Bertz CT molecular complexity index is 123. The van der Waals surface area contributed by atoms with E-state index in [4.69, 9.17) is 10.2 Å². The van der Waals surface area contributed by atoms with Crippen LogP contribution in [0.25, 0.3) is 0 Å². The summed E-state index contributed by atoms with van der Waals surface area (Å²) >= 11 is 0. The lowest BCUT2D eigenvalue weighted by molar-refractivity contribution is 0.563. The number of H-pyrrole nitrogens is 1. The van der Waals surface area contributed by atoms with Crippen molar-refractivity contribution in [2.45, 2.75) is 0 Å². The van der Waals surface area contributed by atoms with Crippen molar-refractivity contribution in [3.63, 3.8) is 0 Å². The molecular weight excluding hydrogens is 106 g/mol. The number of nitrogens with one attached hydrogen (secondary N) is 2. The first-order valence-corrected chi connectivity index (χ1v) is 1.89. The molecule has 1 heterocycles. The molecule has 0 saturated carbocycles. The monoisotopic (exact) mass is 111 g/mol. The van der Waals surface area contributed by atoms with E-state index in [1.54, 1.807) is 12.4 Å². The fourth-order valence-electron chi connectivity index (χ4n) is 0.215. The van der Waals surface area contributed by atoms with Gasteiger partial charge in [0, 0.05) is 12.4 Å². The Morgan fingerprint density at radius 2 is 2.38 bits per heavy atom. The summed E-state index contributed by atoms with van der Waals surface area (Å²) in [7, 11) is 0. The zero-order valence-electron chi connectivity index (χ0n) is 4.09. The molecule has 0 fully saturated rings. The fourth-order valence-corrected chi connectivity index (χ4v) is 0.215. The molecular formula is C4H5N3O. The van der Waals surface area contributed by atoms with Crippen molar-refractivity contribution in [2.24, 2.45) is 0 Å². The number of nitrogens with zero attached hydrogens (tertiary/aromatic N) is 1. The molecule has 0 amide bonds. The number of hydrogen-bond acceptors (Lipinski definition) is 3. The summed E-state index contributed by atoms with van der Waals surface area (Å²) in [6.07, 6.45) is 4.21. The Balaban J connectivity index is 0.000000145. The van der Waals surface area contributed by atoms with Crippen LogP contribution in [0.3, 0.4) is 0 Å². The first-order valence-electron chi connectivity index (χ1n) is 1.89. The third-order valence-electron chi connectivity index (χ3n) is 0.406. The zero-order chi connectivity index (χ0) is 6.24. The average Bonchev–Trinajstić information content (AvgIpc) is 2.17. The molecule has 1 aromatic heterocycles. The van der Waals surface area contributed by atoms with Crippen LogP contribution in [-0.2, 0) is 4.79 Å². The van der Waals surface area contributed by atoms with Crippen molar-refractivity contribution >= 4 is 6.08 Å². The number of isocyanates is 1. The second kappa shape index (κ2) is 5.59. The van der Waals surface area contributed by atoms with E-state index in [1.807, 2.05) is 6.07 Å². The summed E-state index contributed by atoms with van der Waals surface area (Å²) in [6.45, 7) is 0. The Hall–Kier alpha value is -1.41. The molecule has 0 radical (unpaired) electrons. The van der Waals surface area contributed by atoms with Crippen LogP contribution in [0.4, 0.5) is 0 Å². The van der Waals surface area contributed by atoms with Gasteiger partial charge < -0.3 is 0 Å². The van der Waals surface area contributed by atoms with E-state index < -0.39 is 0 Å². The van der Waals surface area contributed by atoms with E-state index >= 15 is 0 Å². The van der Waals surface area contributed by atoms with E-state index in [0.717, 1.165) is 6.08 Å². The lowest BCUT2D eigenvalue weighted by Gasteiger charge is -1.49. The Kier molecular flexibility index (Phi) is 4.60. The van der Waals surface area contributed by atoms with Crippen molar-refractivity contribution in [1.29, 1.82) is 5.41 Å². The quantitative estimate of drug-likeness (QED) is 0.373. The molecule has 0 aliphatic rings. The van der Waals surface area contributed by atoms with Gasteiger partial charge in [-0.05, 0) is 6.07 Å². The molecule has 0 aromatic carbocycles. The molecule has 0 aliphatic carbocycles. The summed E-state index contributed by atoms with van der Waals surface area (Å²) in [5, 5.41) is 11.6. The zero-order valence-corrected chi connectivity index (χ0v) is 4.09. The SMILES string of the molecule is N=C=O.c1cn[nH]c1. The number of carbonyl (C=O) groups excluding carboxylic acids is 1. The van der Waals surface area contributed by atoms with Crippen LogP contribution in [0, 0.1) is 5.41 Å². The number of hydrogen-bond donors (Lipinski definition) is 2. The van der Waals surface area contributed by atoms with Gasteiger partial charge in [0.1, 0.15) is 0 Å². The largest absolute Gasteiger partial charge is 0.286 e. The number of aromatic nitrogens is 2. The minimum atomic E-state index is 0.750. The smallest absolute Gasteiger partial charge is 0.231 e. The first-order chi connectivity index (χ1) is 3.91. The molecule has 0 unspecified atom stereocenters. The molecule has 0 bridgehead atoms. The average molecular weight is 111 g/mol. The van der Waals surface area contributed by atoms with Gasteiger partial charge in [0.25, 0.3) is 0 Å². The summed E-state index contributed by atoms with van der Waals surface area (Å²) in [5.74, 6) is 0. The normalized spacial score (nSPS) is 6.00. The molecule has 4 nitrogen and oxygen atoms in total. The van der Waals surface area contributed by atoms with Crippen LogP contribution in [0.15, 0.2) is 18.5 Å². The van der Waals surface area contributed by atoms with Crippen molar-refractivity contribution in [2.75, 3.05) is 0 Å². The molecule has 4 heteroatoms. The van der Waals surface area contributed by atoms with Gasteiger partial charge in [-0.15, -0.1) is 0 Å². The van der Waals surface area contributed by atoms with Gasteiger partial charge in [-0.2, -0.15) is 5.10 Å². The molecule has 1 rings (SSSR count). The molecule has 0 saturated heterocycles. The highest BCUT2D eigenvalue weighted by Gasteiger charge is 1.56. The van der Waals surface area contributed by atoms with Gasteiger partial charge in [0.15, 0.2) is 0 Å². The summed E-state index contributed by atoms with van der Waals surface area (Å²) in [5.41, 5.74) is 0. The molecule has 2 N–H and O–H groups in total. The third kappa shape index (κ3) is 4.59. The Labute approximate surface area is 46.0 Å². The van der Waals surface area contributed by atoms with E-state index in [-0.39, 0.29) is 0 Å². The second-order valence-corrected chi connectivity index (χ2v) is 0.868. The van der Waals surface area contributed by atoms with E-state index in [9.17, 15) is 0 Å². The van der Waals surface area contributed by atoms with Gasteiger partial charge in [0.05, 0.1) is 0 Å². The van der Waals surface area contributed by atoms with Crippen LogP contribution in [0.1, 0.15) is 0 Å². The van der Waals surface area contributed by atoms with Gasteiger partial charge in [-0.1, -0.05) is 0 Å². The van der Waals surface area contributed by atoms with E-state index in [0.29, 0.717) is 0 Å². The van der Waals surface area contributed by atoms with Crippen molar-refractivity contribution in [3.05, 3.63) is 18.5 Å². The van der Waals surface area contributed by atoms with Crippen molar-refractivity contribution < 1.29 is 4.79 Å².